The summed E-state index contributed by atoms with van der Waals surface area (Å²) in [6, 6.07) is 20.1. The van der Waals surface area contributed by atoms with Crippen LogP contribution in [0.2, 0.25) is 5.02 Å². The van der Waals surface area contributed by atoms with Crippen LogP contribution in [-0.2, 0) is 11.4 Å². The summed E-state index contributed by atoms with van der Waals surface area (Å²) in [4.78, 5) is 26.8. The lowest BCUT2D eigenvalue weighted by Gasteiger charge is -2.15. The molecule has 0 saturated carbocycles. The molecular formula is C25H19BrClNO4S. The van der Waals surface area contributed by atoms with Crippen LogP contribution in [-0.4, -0.2) is 17.8 Å². The third kappa shape index (κ3) is 5.43. The van der Waals surface area contributed by atoms with Gasteiger partial charge in [-0.25, -0.2) is 4.90 Å². The predicted molar refractivity (Wildman–Crippen MR) is 136 cm³/mol. The molecule has 1 aliphatic rings. The fourth-order valence-electron chi connectivity index (χ4n) is 3.23. The third-order valence-electron chi connectivity index (χ3n) is 4.73. The van der Waals surface area contributed by atoms with Crippen LogP contribution in [0.25, 0.3) is 6.08 Å². The van der Waals surface area contributed by atoms with Gasteiger partial charge >= 0.3 is 0 Å². The molecule has 1 fully saturated rings. The zero-order chi connectivity index (χ0) is 23.4. The second-order valence-electron chi connectivity index (χ2n) is 7.03. The molecule has 0 radical (unpaired) electrons. The quantitative estimate of drug-likeness (QED) is 0.292. The van der Waals surface area contributed by atoms with Crippen LogP contribution in [0, 0.1) is 0 Å². The number of hydrogen-bond acceptors (Lipinski definition) is 5. The van der Waals surface area contributed by atoms with Crippen molar-refractivity contribution in [3.05, 3.63) is 92.3 Å². The van der Waals surface area contributed by atoms with Gasteiger partial charge in [0.25, 0.3) is 11.1 Å². The van der Waals surface area contributed by atoms with Crippen molar-refractivity contribution in [3.8, 4) is 11.5 Å². The summed E-state index contributed by atoms with van der Waals surface area (Å²) in [6.45, 7) is 2.60. The van der Waals surface area contributed by atoms with Crippen molar-refractivity contribution < 1.29 is 19.1 Å². The second-order valence-corrected chi connectivity index (χ2v) is 9.35. The summed E-state index contributed by atoms with van der Waals surface area (Å²) in [5, 5.41) is 0.00892. The van der Waals surface area contributed by atoms with E-state index >= 15 is 0 Å². The van der Waals surface area contributed by atoms with Crippen LogP contribution in [0.5, 0.6) is 11.5 Å². The summed E-state index contributed by atoms with van der Waals surface area (Å²) < 4.78 is 12.7. The topological polar surface area (TPSA) is 55.8 Å². The van der Waals surface area contributed by atoms with Crippen LogP contribution in [0.4, 0.5) is 10.5 Å². The summed E-state index contributed by atoms with van der Waals surface area (Å²) in [6.07, 6.45) is 1.64. The maximum absolute atomic E-state index is 12.9. The fourth-order valence-corrected chi connectivity index (χ4v) is 4.61. The Labute approximate surface area is 209 Å². The van der Waals surface area contributed by atoms with Crippen molar-refractivity contribution in [1.29, 1.82) is 0 Å². The van der Waals surface area contributed by atoms with E-state index in [1.807, 2.05) is 37.3 Å². The lowest BCUT2D eigenvalue weighted by atomic mass is 10.1. The number of amides is 2. The van der Waals surface area contributed by atoms with E-state index in [-0.39, 0.29) is 11.1 Å². The molecule has 33 heavy (non-hydrogen) atoms. The number of carbonyl (C=O) groups excluding carboxylic acids is 2. The van der Waals surface area contributed by atoms with Gasteiger partial charge in [-0.3, -0.25) is 9.59 Å². The molecule has 1 heterocycles. The number of para-hydroxylation sites is 1. The van der Waals surface area contributed by atoms with Gasteiger partial charge < -0.3 is 9.47 Å². The smallest absolute Gasteiger partial charge is 0.298 e. The molecule has 0 spiro atoms. The highest BCUT2D eigenvalue weighted by molar-refractivity contribution is 9.10. The molecule has 3 aromatic carbocycles. The van der Waals surface area contributed by atoms with Gasteiger partial charge in [0.05, 0.1) is 22.2 Å². The van der Waals surface area contributed by atoms with Crippen molar-refractivity contribution in [1.82, 2.24) is 0 Å². The van der Waals surface area contributed by atoms with Gasteiger partial charge in [0.15, 0.2) is 11.5 Å². The van der Waals surface area contributed by atoms with E-state index in [1.54, 1.807) is 42.5 Å². The third-order valence-corrected chi connectivity index (χ3v) is 6.41. The fraction of sp³-hybridized carbons (Fsp3) is 0.120. The van der Waals surface area contributed by atoms with E-state index in [2.05, 4.69) is 15.9 Å². The van der Waals surface area contributed by atoms with E-state index < -0.39 is 0 Å². The summed E-state index contributed by atoms with van der Waals surface area (Å²) in [5.74, 6) is 0.521. The maximum atomic E-state index is 12.9. The first kappa shape index (κ1) is 23.4. The van der Waals surface area contributed by atoms with Crippen molar-refractivity contribution in [3.63, 3.8) is 0 Å². The lowest BCUT2D eigenvalue weighted by molar-refractivity contribution is -0.113. The van der Waals surface area contributed by atoms with Crippen molar-refractivity contribution in [2.24, 2.45) is 0 Å². The van der Waals surface area contributed by atoms with Crippen LogP contribution in [0.15, 0.2) is 76.1 Å². The average Bonchev–Trinajstić information content (AvgIpc) is 3.08. The van der Waals surface area contributed by atoms with E-state index in [4.69, 9.17) is 21.1 Å². The Balaban J connectivity index is 1.59. The van der Waals surface area contributed by atoms with E-state index in [1.165, 1.54) is 0 Å². The Morgan fingerprint density at radius 2 is 1.76 bits per heavy atom. The van der Waals surface area contributed by atoms with Crippen LogP contribution < -0.4 is 14.4 Å². The number of nitrogens with zero attached hydrogens (tertiary/aromatic N) is 1. The molecular weight excluding hydrogens is 526 g/mol. The molecule has 0 aliphatic carbocycles. The van der Waals surface area contributed by atoms with Gasteiger partial charge in [-0.1, -0.05) is 57.9 Å². The second kappa shape index (κ2) is 10.5. The Morgan fingerprint density at radius 3 is 2.45 bits per heavy atom. The van der Waals surface area contributed by atoms with Gasteiger partial charge in [0.1, 0.15) is 6.61 Å². The molecule has 4 rings (SSSR count). The van der Waals surface area contributed by atoms with E-state index in [9.17, 15) is 9.59 Å². The highest BCUT2D eigenvalue weighted by atomic mass is 79.9. The van der Waals surface area contributed by atoms with Gasteiger partial charge in [-0.15, -0.1) is 0 Å². The Morgan fingerprint density at radius 1 is 1.03 bits per heavy atom. The molecule has 5 nitrogen and oxygen atoms in total. The number of imide groups is 1. The highest BCUT2D eigenvalue weighted by Crippen LogP contribution is 2.40. The molecule has 3 aromatic rings. The zero-order valence-corrected chi connectivity index (χ0v) is 20.7. The first-order valence-electron chi connectivity index (χ1n) is 10.1. The standard InChI is InChI=1S/C25H19BrClNO4S/c1-2-31-21-13-17(12-20(27)23(21)32-15-16-8-10-18(26)11-9-16)14-22-24(29)28(25(30)33-22)19-6-4-3-5-7-19/h3-14H,2,15H2,1H3/b22-14-. The summed E-state index contributed by atoms with van der Waals surface area (Å²) >= 11 is 10.8. The first-order chi connectivity index (χ1) is 16.0. The highest BCUT2D eigenvalue weighted by Gasteiger charge is 2.36. The zero-order valence-electron chi connectivity index (χ0n) is 17.6. The number of ether oxygens (including phenoxy) is 2. The van der Waals surface area contributed by atoms with Gasteiger partial charge in [-0.2, -0.15) is 0 Å². The number of carbonyl (C=O) groups is 2. The molecule has 1 aliphatic heterocycles. The maximum Gasteiger partial charge on any atom is 0.298 e. The Bertz CT molecular complexity index is 1220. The van der Waals surface area contributed by atoms with Crippen LogP contribution >= 0.6 is 39.3 Å². The molecule has 8 heteroatoms. The molecule has 0 aromatic heterocycles. The van der Waals surface area contributed by atoms with Crippen molar-refractivity contribution in [2.75, 3.05) is 11.5 Å². The molecule has 1 saturated heterocycles. The summed E-state index contributed by atoms with van der Waals surface area (Å²) in [5.41, 5.74) is 2.15. The SMILES string of the molecule is CCOc1cc(/C=C2\SC(=O)N(c3ccccc3)C2=O)cc(Cl)c1OCc1ccc(Br)cc1. The number of halogens is 2. The molecule has 0 bridgehead atoms. The number of rotatable bonds is 7. The van der Waals surface area contributed by atoms with Crippen LogP contribution in [0.3, 0.4) is 0 Å². The monoisotopic (exact) mass is 543 g/mol. The number of anilines is 1. The normalized spacial score (nSPS) is 14.8. The summed E-state index contributed by atoms with van der Waals surface area (Å²) in [7, 11) is 0. The molecule has 0 unspecified atom stereocenters. The molecule has 0 N–H and O–H groups in total. The minimum Gasteiger partial charge on any atom is -0.490 e. The van der Waals surface area contributed by atoms with Gasteiger partial charge in [0, 0.05) is 4.47 Å². The predicted octanol–water partition coefficient (Wildman–Crippen LogP) is 7.32. The number of thioether (sulfide) groups is 1. The molecule has 168 valence electrons. The van der Waals surface area contributed by atoms with E-state index in [0.29, 0.717) is 45.9 Å². The minimum absolute atomic E-state index is 0.311. The Hall–Kier alpha value is -2.74. The Kier molecular flexibility index (Phi) is 7.42. The van der Waals surface area contributed by atoms with Gasteiger partial charge in [0.2, 0.25) is 0 Å². The number of hydrogen-bond donors (Lipinski definition) is 0. The van der Waals surface area contributed by atoms with Gasteiger partial charge in [-0.05, 0) is 72.3 Å². The lowest BCUT2D eigenvalue weighted by Crippen LogP contribution is -2.27. The van der Waals surface area contributed by atoms with Crippen molar-refractivity contribution in [2.45, 2.75) is 13.5 Å². The van der Waals surface area contributed by atoms with E-state index in [0.717, 1.165) is 26.7 Å². The molecule has 0 atom stereocenters. The molecule has 2 amide bonds. The van der Waals surface area contributed by atoms with Crippen molar-refractivity contribution >= 4 is 62.2 Å². The first-order valence-corrected chi connectivity index (χ1v) is 12.1. The largest absolute Gasteiger partial charge is 0.490 e. The average molecular weight is 545 g/mol. The minimum atomic E-state index is -0.374. The van der Waals surface area contributed by atoms with Crippen LogP contribution in [0.1, 0.15) is 18.1 Å². The number of benzene rings is 3.